The normalized spacial score (nSPS) is 12.3. The number of nitrogens with one attached hydrogen (secondary N) is 1. The van der Waals surface area contributed by atoms with Crippen LogP contribution in [-0.4, -0.2) is 50.0 Å². The van der Waals surface area contributed by atoms with Crippen molar-refractivity contribution in [2.75, 3.05) is 17.1 Å². The van der Waals surface area contributed by atoms with Crippen LogP contribution in [0.5, 0.6) is 0 Å². The molecule has 1 N–H and O–H groups in total. The van der Waals surface area contributed by atoms with Gasteiger partial charge in [-0.05, 0) is 56.5 Å². The van der Waals surface area contributed by atoms with E-state index >= 15 is 0 Å². The maximum Gasteiger partial charge on any atom is 0.243 e. The van der Waals surface area contributed by atoms with Crippen molar-refractivity contribution in [3.8, 4) is 0 Å². The van der Waals surface area contributed by atoms with E-state index in [0.29, 0.717) is 12.1 Å². The zero-order valence-electron chi connectivity index (χ0n) is 20.2. The summed E-state index contributed by atoms with van der Waals surface area (Å²) in [5.74, 6) is -0.915. The lowest BCUT2D eigenvalue weighted by Gasteiger charge is -2.31. The largest absolute Gasteiger partial charge is 0.352 e. The predicted molar refractivity (Wildman–Crippen MR) is 132 cm³/mol. The summed E-state index contributed by atoms with van der Waals surface area (Å²) in [7, 11) is -3.62. The summed E-state index contributed by atoms with van der Waals surface area (Å²) >= 11 is 0. The highest BCUT2D eigenvalue weighted by molar-refractivity contribution is 7.92. The van der Waals surface area contributed by atoms with E-state index in [0.717, 1.165) is 16.1 Å². The standard InChI is InChI=1S/C25H34FN3O4S/c1-5-23(25(31)27-19(2)3)28(18-20-10-7-6-8-11-20)24(30)12-9-17-29(34(4,32)33)22-15-13-21(26)14-16-22/h6-8,10-11,13-16,19,23H,5,9,12,17-18H2,1-4H3,(H,27,31)/t23-/m0/s1. The van der Waals surface area contributed by atoms with Crippen molar-refractivity contribution in [1.82, 2.24) is 10.2 Å². The van der Waals surface area contributed by atoms with E-state index in [1.165, 1.54) is 24.3 Å². The second kappa shape index (κ2) is 12.5. The molecule has 0 radical (unpaired) electrons. The SMILES string of the molecule is CC[C@@H](C(=O)NC(C)C)N(Cc1ccccc1)C(=O)CCCN(c1ccc(F)cc1)S(C)(=O)=O. The number of sulfonamides is 1. The van der Waals surface area contributed by atoms with Crippen molar-refractivity contribution in [1.29, 1.82) is 0 Å². The molecule has 0 heterocycles. The third-order valence-electron chi connectivity index (χ3n) is 5.28. The summed E-state index contributed by atoms with van der Waals surface area (Å²) in [6.07, 6.45) is 1.83. The Balaban J connectivity index is 2.18. The Hall–Kier alpha value is -2.94. The van der Waals surface area contributed by atoms with Gasteiger partial charge in [-0.25, -0.2) is 12.8 Å². The van der Waals surface area contributed by atoms with E-state index in [4.69, 9.17) is 0 Å². The molecule has 9 heteroatoms. The summed E-state index contributed by atoms with van der Waals surface area (Å²) in [5, 5.41) is 2.88. The second-order valence-corrected chi connectivity index (χ2v) is 10.4. The average molecular weight is 492 g/mol. The quantitative estimate of drug-likeness (QED) is 0.491. The van der Waals surface area contributed by atoms with Gasteiger partial charge in [0.2, 0.25) is 21.8 Å². The molecule has 2 amide bonds. The molecule has 0 aliphatic carbocycles. The molecule has 0 unspecified atom stereocenters. The first-order valence-corrected chi connectivity index (χ1v) is 13.2. The molecule has 1 atom stereocenters. The monoisotopic (exact) mass is 491 g/mol. The minimum absolute atomic E-state index is 0.0599. The van der Waals surface area contributed by atoms with Crippen LogP contribution in [0.4, 0.5) is 10.1 Å². The van der Waals surface area contributed by atoms with Crippen LogP contribution in [0.15, 0.2) is 54.6 Å². The Labute approximate surface area is 202 Å². The molecule has 0 saturated heterocycles. The molecule has 0 spiro atoms. The third-order valence-corrected chi connectivity index (χ3v) is 6.47. The summed E-state index contributed by atoms with van der Waals surface area (Å²) in [5.41, 5.74) is 1.23. The fourth-order valence-corrected chi connectivity index (χ4v) is 4.66. The van der Waals surface area contributed by atoms with Gasteiger partial charge in [0.05, 0.1) is 11.9 Å². The van der Waals surface area contributed by atoms with Gasteiger partial charge in [0, 0.05) is 25.6 Å². The second-order valence-electron chi connectivity index (χ2n) is 8.51. The first kappa shape index (κ1) is 27.3. The lowest BCUT2D eigenvalue weighted by atomic mass is 10.1. The van der Waals surface area contributed by atoms with Gasteiger partial charge in [0.15, 0.2) is 0 Å². The number of rotatable bonds is 12. The number of carbonyl (C=O) groups is 2. The summed E-state index contributed by atoms with van der Waals surface area (Å²) in [4.78, 5) is 27.7. The zero-order valence-corrected chi connectivity index (χ0v) is 21.0. The molecular formula is C25H34FN3O4S. The van der Waals surface area contributed by atoms with E-state index in [-0.39, 0.29) is 43.8 Å². The molecule has 0 aliphatic rings. The molecule has 2 aromatic rings. The van der Waals surface area contributed by atoms with E-state index in [1.54, 1.807) is 4.90 Å². The van der Waals surface area contributed by atoms with Gasteiger partial charge in [-0.1, -0.05) is 37.3 Å². The van der Waals surface area contributed by atoms with Gasteiger partial charge in [-0.15, -0.1) is 0 Å². The smallest absolute Gasteiger partial charge is 0.243 e. The van der Waals surface area contributed by atoms with Crippen LogP contribution in [0.2, 0.25) is 0 Å². The van der Waals surface area contributed by atoms with Gasteiger partial charge in [0.25, 0.3) is 0 Å². The van der Waals surface area contributed by atoms with Crippen molar-refractivity contribution in [3.63, 3.8) is 0 Å². The van der Waals surface area contributed by atoms with Crippen LogP contribution in [-0.2, 0) is 26.2 Å². The molecule has 0 aromatic heterocycles. The average Bonchev–Trinajstić information content (AvgIpc) is 2.76. The molecule has 2 rings (SSSR count). The minimum Gasteiger partial charge on any atom is -0.352 e. The first-order chi connectivity index (χ1) is 16.0. The number of halogens is 1. The van der Waals surface area contributed by atoms with E-state index in [9.17, 15) is 22.4 Å². The molecule has 7 nitrogen and oxygen atoms in total. The Morgan fingerprint density at radius 1 is 1.03 bits per heavy atom. The molecule has 0 bridgehead atoms. The van der Waals surface area contributed by atoms with E-state index in [2.05, 4.69) is 5.32 Å². The predicted octanol–water partition coefficient (Wildman–Crippen LogP) is 3.70. The highest BCUT2D eigenvalue weighted by atomic mass is 32.2. The number of benzene rings is 2. The van der Waals surface area contributed by atoms with Crippen molar-refractivity contribution < 1.29 is 22.4 Å². The highest BCUT2D eigenvalue weighted by Crippen LogP contribution is 2.20. The van der Waals surface area contributed by atoms with Crippen LogP contribution in [0, 0.1) is 5.82 Å². The molecule has 0 aliphatic heterocycles. The maximum absolute atomic E-state index is 13.3. The van der Waals surface area contributed by atoms with Gasteiger partial charge < -0.3 is 10.2 Å². The maximum atomic E-state index is 13.3. The first-order valence-electron chi connectivity index (χ1n) is 11.4. The van der Waals surface area contributed by atoms with Crippen LogP contribution in [0.1, 0.15) is 45.6 Å². The Morgan fingerprint density at radius 2 is 1.65 bits per heavy atom. The molecule has 2 aromatic carbocycles. The van der Waals surface area contributed by atoms with Crippen LogP contribution < -0.4 is 9.62 Å². The number of hydrogen-bond acceptors (Lipinski definition) is 4. The van der Waals surface area contributed by atoms with Gasteiger partial charge in [0.1, 0.15) is 11.9 Å². The third kappa shape index (κ3) is 8.13. The van der Waals surface area contributed by atoms with Crippen molar-refractivity contribution in [2.45, 2.75) is 58.7 Å². The lowest BCUT2D eigenvalue weighted by Crippen LogP contribution is -2.50. The molecular weight excluding hydrogens is 457 g/mol. The molecule has 0 saturated carbocycles. The van der Waals surface area contributed by atoms with Crippen molar-refractivity contribution >= 4 is 27.5 Å². The van der Waals surface area contributed by atoms with Crippen LogP contribution in [0.3, 0.4) is 0 Å². The summed E-state index contributed by atoms with van der Waals surface area (Å²) in [6, 6.07) is 13.9. The molecule has 0 fully saturated rings. The Morgan fingerprint density at radius 3 is 2.18 bits per heavy atom. The van der Waals surface area contributed by atoms with Gasteiger partial charge in [-0.2, -0.15) is 0 Å². The number of carbonyl (C=O) groups excluding carboxylic acids is 2. The van der Waals surface area contributed by atoms with Crippen LogP contribution >= 0.6 is 0 Å². The van der Waals surface area contributed by atoms with Crippen molar-refractivity contribution in [3.05, 3.63) is 66.0 Å². The fraction of sp³-hybridized carbons (Fsp3) is 0.440. The molecule has 186 valence electrons. The number of nitrogens with zero attached hydrogens (tertiary/aromatic N) is 2. The fourth-order valence-electron chi connectivity index (χ4n) is 3.69. The van der Waals surface area contributed by atoms with Crippen molar-refractivity contribution in [2.24, 2.45) is 0 Å². The zero-order chi connectivity index (χ0) is 25.3. The molecule has 34 heavy (non-hydrogen) atoms. The highest BCUT2D eigenvalue weighted by Gasteiger charge is 2.29. The van der Waals surface area contributed by atoms with Crippen LogP contribution in [0.25, 0.3) is 0 Å². The van der Waals surface area contributed by atoms with E-state index in [1.807, 2.05) is 51.1 Å². The lowest BCUT2D eigenvalue weighted by molar-refractivity contribution is -0.141. The topological polar surface area (TPSA) is 86.8 Å². The summed E-state index contributed by atoms with van der Waals surface area (Å²) in [6.45, 7) is 5.92. The number of hydrogen-bond donors (Lipinski definition) is 1. The Kier molecular flexibility index (Phi) is 10.0. The van der Waals surface area contributed by atoms with E-state index < -0.39 is 21.9 Å². The summed E-state index contributed by atoms with van der Waals surface area (Å²) < 4.78 is 39.0. The Bertz CT molecular complexity index is 1040. The van der Waals surface area contributed by atoms with Gasteiger partial charge in [-0.3, -0.25) is 13.9 Å². The number of anilines is 1. The minimum atomic E-state index is -3.62. The number of amides is 2. The van der Waals surface area contributed by atoms with Gasteiger partial charge >= 0.3 is 0 Å².